The zero-order valence-electron chi connectivity index (χ0n) is 16.5. The largest absolute Gasteiger partial charge is 0.457 e. The standard InChI is InChI=1S/C26H26O/c1-25(2,3)21-15-16-23-22(17-21)26(4,20-13-9-6-10-14-20)18-24(27-23)19-11-7-5-8-12-19/h5-18H,1-4H3. The Morgan fingerprint density at radius 2 is 1.41 bits per heavy atom. The summed E-state index contributed by atoms with van der Waals surface area (Å²) in [7, 11) is 0. The Labute approximate surface area is 162 Å². The van der Waals surface area contributed by atoms with E-state index in [0.717, 1.165) is 17.1 Å². The number of hydrogen-bond acceptors (Lipinski definition) is 1. The Bertz CT molecular complexity index is 978. The monoisotopic (exact) mass is 354 g/mol. The molecule has 1 atom stereocenters. The van der Waals surface area contributed by atoms with Crippen molar-refractivity contribution in [3.05, 3.63) is 107 Å². The van der Waals surface area contributed by atoms with E-state index in [-0.39, 0.29) is 10.8 Å². The molecule has 0 N–H and O–H groups in total. The van der Waals surface area contributed by atoms with Crippen LogP contribution in [0.25, 0.3) is 5.76 Å². The lowest BCUT2D eigenvalue weighted by molar-refractivity contribution is 0.467. The Morgan fingerprint density at radius 3 is 2.04 bits per heavy atom. The van der Waals surface area contributed by atoms with Crippen molar-refractivity contribution < 1.29 is 4.74 Å². The van der Waals surface area contributed by atoms with Gasteiger partial charge in [0.1, 0.15) is 11.5 Å². The van der Waals surface area contributed by atoms with Crippen LogP contribution in [-0.2, 0) is 10.8 Å². The van der Waals surface area contributed by atoms with Gasteiger partial charge in [0.2, 0.25) is 0 Å². The molecule has 3 aromatic carbocycles. The Balaban J connectivity index is 1.94. The first-order valence-electron chi connectivity index (χ1n) is 9.54. The molecule has 0 saturated heterocycles. The molecule has 1 heteroatoms. The average molecular weight is 354 g/mol. The molecule has 1 aliphatic rings. The van der Waals surface area contributed by atoms with E-state index in [1.807, 2.05) is 6.07 Å². The predicted molar refractivity (Wildman–Crippen MR) is 113 cm³/mol. The molecule has 0 amide bonds. The van der Waals surface area contributed by atoms with Crippen molar-refractivity contribution in [1.29, 1.82) is 0 Å². The molecule has 1 nitrogen and oxygen atoms in total. The van der Waals surface area contributed by atoms with Crippen molar-refractivity contribution >= 4 is 5.76 Å². The molecule has 136 valence electrons. The van der Waals surface area contributed by atoms with Gasteiger partial charge in [-0.05, 0) is 35.6 Å². The minimum atomic E-state index is -0.249. The van der Waals surface area contributed by atoms with Crippen LogP contribution in [0.5, 0.6) is 5.75 Å². The van der Waals surface area contributed by atoms with Crippen LogP contribution in [0, 0.1) is 0 Å². The van der Waals surface area contributed by atoms with Crippen molar-refractivity contribution in [2.45, 2.75) is 38.5 Å². The maximum Gasteiger partial charge on any atom is 0.131 e. The average Bonchev–Trinajstić information content (AvgIpc) is 2.68. The van der Waals surface area contributed by atoms with Gasteiger partial charge in [0.15, 0.2) is 0 Å². The minimum absolute atomic E-state index is 0.0933. The fraction of sp³-hybridized carbons (Fsp3) is 0.231. The topological polar surface area (TPSA) is 9.23 Å². The molecule has 4 rings (SSSR count). The van der Waals surface area contributed by atoms with Crippen molar-refractivity contribution in [2.24, 2.45) is 0 Å². The molecule has 1 aliphatic heterocycles. The smallest absolute Gasteiger partial charge is 0.131 e. The lowest BCUT2D eigenvalue weighted by Crippen LogP contribution is -2.27. The summed E-state index contributed by atoms with van der Waals surface area (Å²) in [6.45, 7) is 9.05. The summed E-state index contributed by atoms with van der Waals surface area (Å²) in [4.78, 5) is 0. The second kappa shape index (κ2) is 6.42. The van der Waals surface area contributed by atoms with Crippen LogP contribution in [0.3, 0.4) is 0 Å². The van der Waals surface area contributed by atoms with Crippen LogP contribution in [0.2, 0.25) is 0 Å². The highest BCUT2D eigenvalue weighted by Crippen LogP contribution is 2.46. The summed E-state index contributed by atoms with van der Waals surface area (Å²) in [6, 6.07) is 27.7. The van der Waals surface area contributed by atoms with Crippen LogP contribution >= 0.6 is 0 Å². The molecule has 3 aromatic rings. The zero-order chi connectivity index (χ0) is 19.1. The van der Waals surface area contributed by atoms with Crippen molar-refractivity contribution in [2.75, 3.05) is 0 Å². The van der Waals surface area contributed by atoms with Gasteiger partial charge in [0.25, 0.3) is 0 Å². The molecule has 0 bridgehead atoms. The van der Waals surface area contributed by atoms with Crippen LogP contribution in [0.4, 0.5) is 0 Å². The van der Waals surface area contributed by atoms with Gasteiger partial charge in [-0.1, -0.05) is 93.6 Å². The third-order valence-electron chi connectivity index (χ3n) is 5.48. The third kappa shape index (κ3) is 3.19. The summed E-state index contributed by atoms with van der Waals surface area (Å²) in [5.74, 6) is 1.86. The second-order valence-corrected chi connectivity index (χ2v) is 8.51. The van der Waals surface area contributed by atoms with E-state index < -0.39 is 0 Å². The van der Waals surface area contributed by atoms with Crippen molar-refractivity contribution in [3.63, 3.8) is 0 Å². The SMILES string of the molecule is CC(C)(C)c1ccc2c(c1)C(C)(c1ccccc1)C=C(c1ccccc1)O2. The van der Waals surface area contributed by atoms with E-state index in [2.05, 4.69) is 107 Å². The third-order valence-corrected chi connectivity index (χ3v) is 5.48. The minimum Gasteiger partial charge on any atom is -0.457 e. The lowest BCUT2D eigenvalue weighted by atomic mass is 9.72. The normalized spacial score (nSPS) is 19.0. The van der Waals surface area contributed by atoms with Gasteiger partial charge >= 0.3 is 0 Å². The van der Waals surface area contributed by atoms with E-state index in [1.165, 1.54) is 16.7 Å². The molecule has 0 aliphatic carbocycles. The fourth-order valence-electron chi connectivity index (χ4n) is 3.75. The first kappa shape index (κ1) is 17.6. The van der Waals surface area contributed by atoms with Crippen molar-refractivity contribution in [1.82, 2.24) is 0 Å². The first-order valence-corrected chi connectivity index (χ1v) is 9.54. The van der Waals surface area contributed by atoms with Crippen LogP contribution in [0.15, 0.2) is 84.9 Å². The predicted octanol–water partition coefficient (Wildman–Crippen LogP) is 6.72. The molecule has 0 aromatic heterocycles. The van der Waals surface area contributed by atoms with Gasteiger partial charge in [-0.25, -0.2) is 0 Å². The summed E-state index contributed by atoms with van der Waals surface area (Å²) in [5, 5.41) is 0. The molecule has 0 radical (unpaired) electrons. The van der Waals surface area contributed by atoms with Gasteiger partial charge in [-0.2, -0.15) is 0 Å². The Kier molecular flexibility index (Phi) is 4.19. The van der Waals surface area contributed by atoms with Gasteiger partial charge in [0, 0.05) is 16.5 Å². The fourth-order valence-corrected chi connectivity index (χ4v) is 3.75. The summed E-state index contributed by atoms with van der Waals surface area (Å²) in [6.07, 6.45) is 2.27. The summed E-state index contributed by atoms with van der Waals surface area (Å²) < 4.78 is 6.36. The molecule has 0 spiro atoms. The molecular formula is C26H26O. The van der Waals surface area contributed by atoms with Crippen LogP contribution in [-0.4, -0.2) is 0 Å². The van der Waals surface area contributed by atoms with Crippen LogP contribution < -0.4 is 4.74 Å². The maximum absolute atomic E-state index is 6.36. The number of benzene rings is 3. The van der Waals surface area contributed by atoms with E-state index in [1.54, 1.807) is 0 Å². The second-order valence-electron chi connectivity index (χ2n) is 8.51. The highest BCUT2D eigenvalue weighted by molar-refractivity contribution is 5.70. The van der Waals surface area contributed by atoms with Crippen molar-refractivity contribution in [3.8, 4) is 5.75 Å². The zero-order valence-corrected chi connectivity index (χ0v) is 16.5. The van der Waals surface area contributed by atoms with Crippen LogP contribution in [0.1, 0.15) is 49.9 Å². The number of ether oxygens (including phenoxy) is 1. The quantitative estimate of drug-likeness (QED) is 0.496. The number of fused-ring (bicyclic) bond motifs is 1. The highest BCUT2D eigenvalue weighted by atomic mass is 16.5. The lowest BCUT2D eigenvalue weighted by Gasteiger charge is -2.36. The molecule has 1 unspecified atom stereocenters. The highest BCUT2D eigenvalue weighted by Gasteiger charge is 2.35. The first-order chi connectivity index (χ1) is 12.9. The summed E-state index contributed by atoms with van der Waals surface area (Å²) >= 11 is 0. The van der Waals surface area contributed by atoms with E-state index in [0.29, 0.717) is 0 Å². The van der Waals surface area contributed by atoms with E-state index >= 15 is 0 Å². The molecular weight excluding hydrogens is 328 g/mol. The van der Waals surface area contributed by atoms with Gasteiger partial charge in [-0.15, -0.1) is 0 Å². The summed E-state index contributed by atoms with van der Waals surface area (Å²) in [5.41, 5.74) is 4.76. The number of rotatable bonds is 2. The molecule has 0 saturated carbocycles. The Morgan fingerprint density at radius 1 is 0.778 bits per heavy atom. The number of hydrogen-bond donors (Lipinski definition) is 0. The molecule has 27 heavy (non-hydrogen) atoms. The molecule has 1 heterocycles. The van der Waals surface area contributed by atoms with E-state index in [4.69, 9.17) is 4.74 Å². The Hall–Kier alpha value is -2.80. The van der Waals surface area contributed by atoms with Gasteiger partial charge < -0.3 is 4.74 Å². The van der Waals surface area contributed by atoms with E-state index in [9.17, 15) is 0 Å². The number of allylic oxidation sites excluding steroid dienone is 1. The van der Waals surface area contributed by atoms with Gasteiger partial charge in [0.05, 0.1) is 0 Å². The van der Waals surface area contributed by atoms with Gasteiger partial charge in [-0.3, -0.25) is 0 Å². The molecule has 0 fully saturated rings. The maximum atomic E-state index is 6.36.